The molecular weight excluding hydrogens is 360 g/mol. The van der Waals surface area contributed by atoms with Crippen LogP contribution >= 0.6 is 23.1 Å². The first kappa shape index (κ1) is 17.7. The number of carbonyl (C=O) groups is 1. The first-order chi connectivity index (χ1) is 11.8. The van der Waals surface area contributed by atoms with Gasteiger partial charge in [-0.2, -0.15) is 0 Å². The third kappa shape index (κ3) is 3.77. The molecule has 3 aromatic rings. The summed E-state index contributed by atoms with van der Waals surface area (Å²) in [5, 5.41) is 6.76. The zero-order valence-electron chi connectivity index (χ0n) is 14.3. The zero-order valence-corrected chi connectivity index (χ0v) is 15.9. The van der Waals surface area contributed by atoms with Crippen molar-refractivity contribution >= 4 is 45.0 Å². The molecule has 0 bridgehead atoms. The van der Waals surface area contributed by atoms with Gasteiger partial charge in [0.05, 0.1) is 16.4 Å². The quantitative estimate of drug-likeness (QED) is 0.707. The number of fused-ring (bicyclic) bond motifs is 1. The van der Waals surface area contributed by atoms with E-state index in [1.54, 1.807) is 19.9 Å². The molecule has 25 heavy (non-hydrogen) atoms. The van der Waals surface area contributed by atoms with Gasteiger partial charge in [-0.3, -0.25) is 9.59 Å². The van der Waals surface area contributed by atoms with E-state index in [4.69, 9.17) is 4.52 Å². The van der Waals surface area contributed by atoms with Gasteiger partial charge >= 0.3 is 0 Å². The van der Waals surface area contributed by atoms with Gasteiger partial charge in [0.25, 0.3) is 5.56 Å². The molecule has 132 valence electrons. The lowest BCUT2D eigenvalue weighted by atomic mass is 10.2. The van der Waals surface area contributed by atoms with Crippen molar-refractivity contribution in [3.05, 3.63) is 38.4 Å². The summed E-state index contributed by atoms with van der Waals surface area (Å²) >= 11 is 2.91. The van der Waals surface area contributed by atoms with E-state index >= 15 is 0 Å². The molecule has 0 aliphatic rings. The normalized spacial score (nSPS) is 12.5. The number of hydrogen-bond donors (Lipinski definition) is 2. The van der Waals surface area contributed by atoms with Crippen molar-refractivity contribution < 1.29 is 9.32 Å². The molecule has 3 aromatic heterocycles. The van der Waals surface area contributed by atoms with E-state index in [2.05, 4.69) is 20.4 Å². The molecule has 1 amide bonds. The van der Waals surface area contributed by atoms with Crippen LogP contribution in [0.25, 0.3) is 10.2 Å². The van der Waals surface area contributed by atoms with Crippen LogP contribution in [0.3, 0.4) is 0 Å². The maximum Gasteiger partial charge on any atom is 0.259 e. The zero-order chi connectivity index (χ0) is 18.1. The lowest BCUT2D eigenvalue weighted by Crippen LogP contribution is -2.23. The molecule has 0 radical (unpaired) electrons. The van der Waals surface area contributed by atoms with Gasteiger partial charge < -0.3 is 14.8 Å². The number of amides is 1. The highest BCUT2D eigenvalue weighted by Crippen LogP contribution is 2.26. The molecule has 3 rings (SSSR count). The first-order valence-corrected chi connectivity index (χ1v) is 9.56. The van der Waals surface area contributed by atoms with Gasteiger partial charge in [0.15, 0.2) is 5.82 Å². The Kier molecular flexibility index (Phi) is 4.96. The smallest absolute Gasteiger partial charge is 0.259 e. The van der Waals surface area contributed by atoms with Crippen LogP contribution in [-0.4, -0.2) is 26.3 Å². The van der Waals surface area contributed by atoms with Crippen molar-refractivity contribution in [1.82, 2.24) is 15.1 Å². The summed E-state index contributed by atoms with van der Waals surface area (Å²) in [6.07, 6.45) is 0. The largest absolute Gasteiger partial charge is 0.360 e. The molecule has 0 saturated carbocycles. The van der Waals surface area contributed by atoms with Crippen LogP contribution in [0, 0.1) is 20.8 Å². The van der Waals surface area contributed by atoms with Crippen molar-refractivity contribution in [2.75, 3.05) is 5.32 Å². The molecule has 2 N–H and O–H groups in total. The maximum atomic E-state index is 12.3. The highest BCUT2D eigenvalue weighted by molar-refractivity contribution is 7.99. The minimum absolute atomic E-state index is 0.127. The van der Waals surface area contributed by atoms with Gasteiger partial charge in [-0.15, -0.1) is 23.1 Å². The lowest BCUT2D eigenvalue weighted by Gasteiger charge is -2.09. The standard InChI is InChI=1S/C16H18N4O3S2/c1-7-5-11(20-23-7)17-14(21)10(4)24-6-12-18-15(22)13-8(2)9(3)25-16(13)19-12/h5,10H,6H2,1-4H3,(H,17,20,21)(H,18,19,22)/t10-/m0/s1. The minimum atomic E-state index is -0.329. The van der Waals surface area contributed by atoms with E-state index in [1.807, 2.05) is 13.8 Å². The molecule has 0 unspecified atom stereocenters. The Morgan fingerprint density at radius 3 is 2.88 bits per heavy atom. The molecular formula is C16H18N4O3S2. The summed E-state index contributed by atoms with van der Waals surface area (Å²) in [4.78, 5) is 33.6. The van der Waals surface area contributed by atoms with Crippen LogP contribution in [0.1, 0.15) is 28.9 Å². The number of thiophene rings is 1. The highest BCUT2D eigenvalue weighted by atomic mass is 32.2. The van der Waals surface area contributed by atoms with Crippen molar-refractivity contribution in [2.24, 2.45) is 0 Å². The molecule has 7 nitrogen and oxygen atoms in total. The minimum Gasteiger partial charge on any atom is -0.360 e. The Balaban J connectivity index is 1.67. The van der Waals surface area contributed by atoms with Crippen molar-refractivity contribution in [2.45, 2.75) is 38.7 Å². The Morgan fingerprint density at radius 1 is 1.44 bits per heavy atom. The second-order valence-corrected chi connectivity index (χ2v) is 8.27. The SMILES string of the molecule is Cc1cc(NC(=O)[C@H](C)SCc2nc3sc(C)c(C)c3c(=O)[nH]2)no1. The Hall–Kier alpha value is -2.13. The van der Waals surface area contributed by atoms with E-state index in [0.29, 0.717) is 28.5 Å². The van der Waals surface area contributed by atoms with E-state index in [1.165, 1.54) is 23.1 Å². The number of thioether (sulfide) groups is 1. The predicted molar refractivity (Wildman–Crippen MR) is 100 cm³/mol. The number of rotatable bonds is 5. The molecule has 0 aliphatic carbocycles. The van der Waals surface area contributed by atoms with Crippen LogP contribution in [0.5, 0.6) is 0 Å². The molecule has 3 heterocycles. The molecule has 0 fully saturated rings. The lowest BCUT2D eigenvalue weighted by molar-refractivity contribution is -0.115. The highest BCUT2D eigenvalue weighted by Gasteiger charge is 2.17. The second-order valence-electron chi connectivity index (χ2n) is 5.74. The molecule has 1 atom stereocenters. The van der Waals surface area contributed by atoms with E-state index in [-0.39, 0.29) is 16.7 Å². The number of aryl methyl sites for hydroxylation is 3. The number of aromatic nitrogens is 3. The average molecular weight is 378 g/mol. The fourth-order valence-electron chi connectivity index (χ4n) is 2.30. The Morgan fingerprint density at radius 2 is 2.20 bits per heavy atom. The Bertz CT molecular complexity index is 989. The van der Waals surface area contributed by atoms with Crippen molar-refractivity contribution in [3.8, 4) is 0 Å². The predicted octanol–water partition coefficient (Wildman–Crippen LogP) is 3.16. The van der Waals surface area contributed by atoms with Crippen LogP contribution in [0.4, 0.5) is 5.82 Å². The number of carbonyl (C=O) groups excluding carboxylic acids is 1. The molecule has 0 saturated heterocycles. The van der Waals surface area contributed by atoms with Gasteiger partial charge in [0, 0.05) is 10.9 Å². The number of H-pyrrole nitrogens is 1. The molecule has 0 spiro atoms. The third-order valence-corrected chi connectivity index (χ3v) is 6.06. The number of nitrogens with zero attached hydrogens (tertiary/aromatic N) is 2. The summed E-state index contributed by atoms with van der Waals surface area (Å²) in [6, 6.07) is 1.66. The van der Waals surface area contributed by atoms with Crippen LogP contribution in [0.2, 0.25) is 0 Å². The van der Waals surface area contributed by atoms with E-state index in [9.17, 15) is 9.59 Å². The molecule has 0 aliphatic heterocycles. The monoisotopic (exact) mass is 378 g/mol. The number of hydrogen-bond acceptors (Lipinski definition) is 7. The molecule has 9 heteroatoms. The second kappa shape index (κ2) is 7.01. The van der Waals surface area contributed by atoms with Gasteiger partial charge in [0.1, 0.15) is 16.4 Å². The average Bonchev–Trinajstić information content (AvgIpc) is 3.08. The van der Waals surface area contributed by atoms with Crippen molar-refractivity contribution in [3.63, 3.8) is 0 Å². The number of aromatic amines is 1. The van der Waals surface area contributed by atoms with Gasteiger partial charge in [-0.1, -0.05) is 5.16 Å². The summed E-state index contributed by atoms with van der Waals surface area (Å²) in [5.74, 6) is 1.86. The van der Waals surface area contributed by atoms with E-state index in [0.717, 1.165) is 15.3 Å². The molecule has 0 aromatic carbocycles. The van der Waals surface area contributed by atoms with E-state index < -0.39 is 0 Å². The van der Waals surface area contributed by atoms with Crippen molar-refractivity contribution in [1.29, 1.82) is 0 Å². The van der Waals surface area contributed by atoms with Crippen LogP contribution in [0.15, 0.2) is 15.4 Å². The number of nitrogens with one attached hydrogen (secondary N) is 2. The Labute approximate surface area is 152 Å². The van der Waals surface area contributed by atoms with Gasteiger partial charge in [0.2, 0.25) is 5.91 Å². The maximum absolute atomic E-state index is 12.3. The summed E-state index contributed by atoms with van der Waals surface area (Å²) in [7, 11) is 0. The summed E-state index contributed by atoms with van der Waals surface area (Å²) in [6.45, 7) is 7.46. The summed E-state index contributed by atoms with van der Waals surface area (Å²) < 4.78 is 4.92. The van der Waals surface area contributed by atoms with Crippen LogP contribution in [-0.2, 0) is 10.5 Å². The summed E-state index contributed by atoms with van der Waals surface area (Å²) in [5.41, 5.74) is 0.848. The fraction of sp³-hybridized carbons (Fsp3) is 0.375. The van der Waals surface area contributed by atoms with Gasteiger partial charge in [-0.25, -0.2) is 4.98 Å². The third-order valence-electron chi connectivity index (χ3n) is 3.81. The fourth-order valence-corrected chi connectivity index (χ4v) is 4.10. The number of anilines is 1. The van der Waals surface area contributed by atoms with Crippen LogP contribution < -0.4 is 10.9 Å². The first-order valence-electron chi connectivity index (χ1n) is 7.70. The topological polar surface area (TPSA) is 101 Å². The van der Waals surface area contributed by atoms with Gasteiger partial charge in [-0.05, 0) is 33.3 Å².